The SMILES string of the molecule is C[C@@](Br)(C=O)COC1CCCCC1. The third-order valence-corrected chi connectivity index (χ3v) is 2.82. The predicted octanol–water partition coefficient (Wildman–Crippen LogP) is 2.69. The molecule has 0 aromatic carbocycles. The molecule has 0 heterocycles. The van der Waals surface area contributed by atoms with Crippen molar-refractivity contribution in [1.82, 2.24) is 0 Å². The molecule has 0 radical (unpaired) electrons. The molecule has 1 saturated carbocycles. The van der Waals surface area contributed by atoms with Gasteiger partial charge in [0.25, 0.3) is 0 Å². The molecule has 0 spiro atoms. The van der Waals surface area contributed by atoms with Gasteiger partial charge in [0, 0.05) is 0 Å². The maximum absolute atomic E-state index is 10.6. The Morgan fingerprint density at radius 3 is 2.62 bits per heavy atom. The van der Waals surface area contributed by atoms with Crippen molar-refractivity contribution in [3.63, 3.8) is 0 Å². The van der Waals surface area contributed by atoms with E-state index in [9.17, 15) is 4.79 Å². The lowest BCUT2D eigenvalue weighted by molar-refractivity contribution is -0.111. The van der Waals surface area contributed by atoms with E-state index in [-0.39, 0.29) is 0 Å². The van der Waals surface area contributed by atoms with Crippen LogP contribution in [0.4, 0.5) is 0 Å². The number of carbonyl (C=O) groups excluding carboxylic acids is 1. The normalized spacial score (nSPS) is 23.8. The number of hydrogen-bond donors (Lipinski definition) is 0. The Kier molecular flexibility index (Phi) is 4.39. The number of ether oxygens (including phenoxy) is 1. The van der Waals surface area contributed by atoms with Gasteiger partial charge in [-0.25, -0.2) is 0 Å². The smallest absolute Gasteiger partial charge is 0.138 e. The summed E-state index contributed by atoms with van der Waals surface area (Å²) in [6, 6.07) is 0. The first-order valence-electron chi connectivity index (χ1n) is 4.91. The molecule has 3 heteroatoms. The first-order chi connectivity index (χ1) is 6.14. The Labute approximate surface area is 88.2 Å². The van der Waals surface area contributed by atoms with Gasteiger partial charge >= 0.3 is 0 Å². The van der Waals surface area contributed by atoms with Crippen LogP contribution < -0.4 is 0 Å². The summed E-state index contributed by atoms with van der Waals surface area (Å²) in [5, 5.41) is 0. The van der Waals surface area contributed by atoms with E-state index in [4.69, 9.17) is 4.74 Å². The molecular formula is C10H17BrO2. The second-order valence-corrected chi connectivity index (χ2v) is 5.78. The molecule has 0 N–H and O–H groups in total. The second-order valence-electron chi connectivity index (χ2n) is 3.97. The summed E-state index contributed by atoms with van der Waals surface area (Å²) in [4.78, 5) is 10.6. The van der Waals surface area contributed by atoms with E-state index < -0.39 is 4.32 Å². The molecule has 0 aromatic rings. The third kappa shape index (κ3) is 4.23. The quantitative estimate of drug-likeness (QED) is 0.565. The van der Waals surface area contributed by atoms with E-state index in [0.717, 1.165) is 19.1 Å². The van der Waals surface area contributed by atoms with Gasteiger partial charge in [0.2, 0.25) is 0 Å². The fourth-order valence-corrected chi connectivity index (χ4v) is 1.68. The van der Waals surface area contributed by atoms with Crippen LogP contribution in [-0.4, -0.2) is 23.3 Å². The number of alkyl halides is 1. The van der Waals surface area contributed by atoms with Crippen LogP contribution in [0.3, 0.4) is 0 Å². The van der Waals surface area contributed by atoms with E-state index in [1.54, 1.807) is 0 Å². The summed E-state index contributed by atoms with van der Waals surface area (Å²) in [6.45, 7) is 2.32. The molecule has 0 unspecified atom stereocenters. The van der Waals surface area contributed by atoms with Crippen molar-refractivity contribution in [2.24, 2.45) is 0 Å². The van der Waals surface area contributed by atoms with Gasteiger partial charge in [-0.2, -0.15) is 0 Å². The first kappa shape index (κ1) is 11.2. The Hall–Kier alpha value is 0.110. The average molecular weight is 249 g/mol. The van der Waals surface area contributed by atoms with Crippen molar-refractivity contribution in [3.8, 4) is 0 Å². The fraction of sp³-hybridized carbons (Fsp3) is 0.900. The van der Waals surface area contributed by atoms with Gasteiger partial charge in [-0.05, 0) is 19.8 Å². The van der Waals surface area contributed by atoms with Crippen molar-refractivity contribution in [3.05, 3.63) is 0 Å². The van der Waals surface area contributed by atoms with Crippen LogP contribution in [-0.2, 0) is 9.53 Å². The van der Waals surface area contributed by atoms with E-state index >= 15 is 0 Å². The molecule has 1 rings (SSSR count). The zero-order valence-corrected chi connectivity index (χ0v) is 9.68. The van der Waals surface area contributed by atoms with Crippen molar-refractivity contribution in [2.75, 3.05) is 6.61 Å². The topological polar surface area (TPSA) is 26.3 Å². The van der Waals surface area contributed by atoms with E-state index in [2.05, 4.69) is 15.9 Å². The fourth-order valence-electron chi connectivity index (χ4n) is 1.55. The van der Waals surface area contributed by atoms with Crippen LogP contribution in [0.15, 0.2) is 0 Å². The lowest BCUT2D eigenvalue weighted by Gasteiger charge is -2.25. The molecule has 1 aliphatic rings. The van der Waals surface area contributed by atoms with Crippen molar-refractivity contribution >= 4 is 22.2 Å². The van der Waals surface area contributed by atoms with Crippen molar-refractivity contribution < 1.29 is 9.53 Å². The molecule has 0 amide bonds. The molecule has 0 bridgehead atoms. The zero-order valence-electron chi connectivity index (χ0n) is 8.09. The molecule has 13 heavy (non-hydrogen) atoms. The molecule has 76 valence electrons. The number of rotatable bonds is 4. The van der Waals surface area contributed by atoms with Gasteiger partial charge in [-0.3, -0.25) is 0 Å². The van der Waals surface area contributed by atoms with Gasteiger partial charge < -0.3 is 9.53 Å². The molecule has 1 fully saturated rings. The number of aldehydes is 1. The minimum atomic E-state index is -0.496. The molecular weight excluding hydrogens is 232 g/mol. The van der Waals surface area contributed by atoms with E-state index in [1.165, 1.54) is 19.3 Å². The summed E-state index contributed by atoms with van der Waals surface area (Å²) >= 11 is 3.31. The summed E-state index contributed by atoms with van der Waals surface area (Å²) < 4.78 is 5.16. The second kappa shape index (κ2) is 5.11. The van der Waals surface area contributed by atoms with Crippen molar-refractivity contribution in [1.29, 1.82) is 0 Å². The summed E-state index contributed by atoms with van der Waals surface area (Å²) in [6.07, 6.45) is 7.46. The molecule has 2 nitrogen and oxygen atoms in total. The molecule has 1 aliphatic carbocycles. The first-order valence-corrected chi connectivity index (χ1v) is 5.70. The molecule has 1 atom stereocenters. The summed E-state index contributed by atoms with van der Waals surface area (Å²) in [7, 11) is 0. The monoisotopic (exact) mass is 248 g/mol. The Morgan fingerprint density at radius 2 is 2.08 bits per heavy atom. The van der Waals surface area contributed by atoms with Crippen LogP contribution in [0.5, 0.6) is 0 Å². The van der Waals surface area contributed by atoms with Gasteiger partial charge in [-0.1, -0.05) is 35.2 Å². The Balaban J connectivity index is 2.20. The Bertz CT molecular complexity index is 162. The number of carbonyl (C=O) groups is 1. The standard InChI is InChI=1S/C10H17BrO2/c1-10(11,7-12)8-13-9-5-3-2-4-6-9/h7,9H,2-6,8H2,1H3/t10-/m1/s1. The maximum Gasteiger partial charge on any atom is 0.138 e. The highest BCUT2D eigenvalue weighted by molar-refractivity contribution is 9.10. The predicted molar refractivity (Wildman–Crippen MR) is 56.2 cm³/mol. The highest BCUT2D eigenvalue weighted by atomic mass is 79.9. The summed E-state index contributed by atoms with van der Waals surface area (Å²) in [5.41, 5.74) is 0. The zero-order chi connectivity index (χ0) is 9.73. The largest absolute Gasteiger partial charge is 0.376 e. The highest BCUT2D eigenvalue weighted by Gasteiger charge is 2.22. The molecule has 0 aliphatic heterocycles. The van der Waals surface area contributed by atoms with Crippen LogP contribution >= 0.6 is 15.9 Å². The van der Waals surface area contributed by atoms with Gasteiger partial charge in [0.1, 0.15) is 10.6 Å². The maximum atomic E-state index is 10.6. The average Bonchev–Trinajstić information content (AvgIpc) is 2.17. The number of halogens is 1. The van der Waals surface area contributed by atoms with Gasteiger partial charge in [0.05, 0.1) is 12.7 Å². The van der Waals surface area contributed by atoms with E-state index in [1.807, 2.05) is 6.92 Å². The number of hydrogen-bond acceptors (Lipinski definition) is 2. The summed E-state index contributed by atoms with van der Waals surface area (Å²) in [5.74, 6) is 0. The van der Waals surface area contributed by atoms with Crippen LogP contribution in [0.25, 0.3) is 0 Å². The lowest BCUT2D eigenvalue weighted by Crippen LogP contribution is -2.29. The van der Waals surface area contributed by atoms with Gasteiger partial charge in [0.15, 0.2) is 0 Å². The van der Waals surface area contributed by atoms with E-state index in [0.29, 0.717) is 12.7 Å². The molecule has 0 aromatic heterocycles. The lowest BCUT2D eigenvalue weighted by atomic mass is 9.98. The highest BCUT2D eigenvalue weighted by Crippen LogP contribution is 2.23. The minimum absolute atomic E-state index is 0.380. The minimum Gasteiger partial charge on any atom is -0.376 e. The Morgan fingerprint density at radius 1 is 1.46 bits per heavy atom. The third-order valence-electron chi connectivity index (χ3n) is 2.40. The van der Waals surface area contributed by atoms with Crippen LogP contribution in [0.2, 0.25) is 0 Å². The van der Waals surface area contributed by atoms with Crippen LogP contribution in [0, 0.1) is 0 Å². The van der Waals surface area contributed by atoms with Crippen LogP contribution in [0.1, 0.15) is 39.0 Å². The molecule has 0 saturated heterocycles. The van der Waals surface area contributed by atoms with Gasteiger partial charge in [-0.15, -0.1) is 0 Å². The van der Waals surface area contributed by atoms with Crippen molar-refractivity contribution in [2.45, 2.75) is 49.5 Å².